The number of nitrogens with zero attached hydrogens (tertiary/aromatic N) is 7. The van der Waals surface area contributed by atoms with Crippen LogP contribution in [0.3, 0.4) is 0 Å². The van der Waals surface area contributed by atoms with Gasteiger partial charge in [0.25, 0.3) is 0 Å². The number of aromatic nitrogens is 5. The van der Waals surface area contributed by atoms with Gasteiger partial charge < -0.3 is 14.9 Å². The van der Waals surface area contributed by atoms with Crippen molar-refractivity contribution in [3.8, 4) is 16.9 Å². The molecule has 226 valence electrons. The molecule has 2 atom stereocenters. The second kappa shape index (κ2) is 11.5. The molecule has 12 heteroatoms. The zero-order valence-electron chi connectivity index (χ0n) is 25.3. The summed E-state index contributed by atoms with van der Waals surface area (Å²) < 4.78 is 16.4. The van der Waals surface area contributed by atoms with Crippen molar-refractivity contribution in [1.82, 2.24) is 29.4 Å². The molecule has 4 heterocycles. The highest BCUT2D eigenvalue weighted by molar-refractivity contribution is 6.33. The minimum atomic E-state index is -1.01. The zero-order chi connectivity index (χ0) is 31.3. The van der Waals surface area contributed by atoms with E-state index < -0.39 is 17.6 Å². The van der Waals surface area contributed by atoms with Crippen LogP contribution in [0.1, 0.15) is 70.6 Å². The lowest BCUT2D eigenvalue weighted by molar-refractivity contribution is 0.114. The van der Waals surface area contributed by atoms with Gasteiger partial charge in [-0.05, 0) is 44.9 Å². The summed E-state index contributed by atoms with van der Waals surface area (Å²) in [7, 11) is 0. The maximum atomic E-state index is 15.0. The number of carbonyl (C=O) groups is 1. The molecule has 43 heavy (non-hydrogen) atoms. The van der Waals surface area contributed by atoms with Crippen molar-refractivity contribution in [2.45, 2.75) is 72.4 Å². The number of halogens is 2. The van der Waals surface area contributed by atoms with E-state index in [4.69, 9.17) is 26.6 Å². The molecule has 0 unspecified atom stereocenters. The molecule has 5 rings (SSSR count). The highest BCUT2D eigenvalue weighted by atomic mass is 35.5. The summed E-state index contributed by atoms with van der Waals surface area (Å²) in [5.74, 6) is 0.485. The van der Waals surface area contributed by atoms with Gasteiger partial charge in [-0.1, -0.05) is 51.4 Å². The third-order valence-electron chi connectivity index (χ3n) is 7.82. The molecular weight excluding hydrogens is 573 g/mol. The maximum absolute atomic E-state index is 15.0. The van der Waals surface area contributed by atoms with Gasteiger partial charge in [0.2, 0.25) is 0 Å². The third-order valence-corrected chi connectivity index (χ3v) is 8.11. The van der Waals surface area contributed by atoms with Crippen LogP contribution in [0.15, 0.2) is 35.1 Å². The van der Waals surface area contributed by atoms with Crippen LogP contribution in [0.2, 0.25) is 5.02 Å². The van der Waals surface area contributed by atoms with Crippen molar-refractivity contribution in [3.05, 3.63) is 68.9 Å². The van der Waals surface area contributed by atoms with Crippen molar-refractivity contribution < 1.29 is 14.3 Å². The van der Waals surface area contributed by atoms with Crippen molar-refractivity contribution in [1.29, 1.82) is 0 Å². The average molecular weight is 608 g/mol. The molecule has 1 saturated heterocycles. The Labute approximate surface area is 254 Å². The van der Waals surface area contributed by atoms with E-state index in [9.17, 15) is 14.7 Å². The van der Waals surface area contributed by atoms with Crippen molar-refractivity contribution >= 4 is 34.5 Å². The summed E-state index contributed by atoms with van der Waals surface area (Å²) >= 11 is 6.78. The van der Waals surface area contributed by atoms with E-state index in [0.717, 1.165) is 0 Å². The number of rotatable bonds is 5. The molecule has 0 spiro atoms. The largest absolute Gasteiger partial charge is 0.465 e. The molecule has 1 aromatic carbocycles. The Bertz CT molecular complexity index is 1790. The second-order valence-electron chi connectivity index (χ2n) is 11.7. The van der Waals surface area contributed by atoms with E-state index in [-0.39, 0.29) is 52.4 Å². The Hall–Kier alpha value is -4.12. The molecule has 0 radical (unpaired) electrons. The summed E-state index contributed by atoms with van der Waals surface area (Å²) in [5.41, 5.74) is 1.71. The highest BCUT2D eigenvalue weighted by Crippen LogP contribution is 2.36. The second-order valence-corrected chi connectivity index (χ2v) is 12.1. The number of benzene rings is 1. The maximum Gasteiger partial charge on any atom is 0.407 e. The van der Waals surface area contributed by atoms with Crippen LogP contribution in [0.25, 0.3) is 28.0 Å². The van der Waals surface area contributed by atoms with Crippen molar-refractivity contribution in [2.75, 3.05) is 18.0 Å². The average Bonchev–Trinajstić information content (AvgIpc) is 2.94. The standard InChI is InChI=1S/C31H35ClFN7O3/c1-15(2)24-26(19(7)34-27(35-24)16(3)4)40-29-21(12-22(32)25(36-29)20-10-8-9-11-23(20)33)28(37-30(40)41)38-13-18(6)39(31(42)43)14-17(38)5/h8-12,15-18H,13-14H2,1-7H3,(H,42,43)/t17-,18+/m0/s1. The quantitative estimate of drug-likeness (QED) is 0.286. The van der Waals surface area contributed by atoms with Crippen LogP contribution < -0.4 is 10.6 Å². The van der Waals surface area contributed by atoms with E-state index in [2.05, 4.69) is 4.98 Å². The van der Waals surface area contributed by atoms with Crippen LogP contribution in [-0.4, -0.2) is 65.8 Å². The number of piperazine rings is 1. The Morgan fingerprint density at radius 2 is 1.72 bits per heavy atom. The van der Waals surface area contributed by atoms with E-state index in [1.165, 1.54) is 15.5 Å². The van der Waals surface area contributed by atoms with Gasteiger partial charge in [0.15, 0.2) is 5.65 Å². The molecule has 1 aliphatic rings. The molecular formula is C31H35ClFN7O3. The molecule has 1 N–H and O–H groups in total. The molecule has 4 aromatic rings. The predicted molar refractivity (Wildman–Crippen MR) is 165 cm³/mol. The summed E-state index contributed by atoms with van der Waals surface area (Å²) in [5, 5.41) is 10.3. The number of anilines is 1. The Morgan fingerprint density at radius 3 is 2.35 bits per heavy atom. The van der Waals surface area contributed by atoms with Crippen LogP contribution in [0.5, 0.6) is 0 Å². The normalized spacial score (nSPS) is 17.4. The van der Waals surface area contributed by atoms with Gasteiger partial charge in [0, 0.05) is 36.7 Å². The smallest absolute Gasteiger partial charge is 0.407 e. The predicted octanol–water partition coefficient (Wildman–Crippen LogP) is 6.16. The number of fused-ring (bicyclic) bond motifs is 1. The summed E-state index contributed by atoms with van der Waals surface area (Å²) in [6.45, 7) is 14.0. The fraction of sp³-hybridized carbons (Fsp3) is 0.419. The molecule has 10 nitrogen and oxygen atoms in total. The molecule has 0 aliphatic carbocycles. The lowest BCUT2D eigenvalue weighted by Crippen LogP contribution is -2.58. The SMILES string of the molecule is Cc1nc(C(C)C)nc(C(C)C)c1-n1c(=O)nc(N2C[C@@H](C)N(C(=O)O)C[C@@H]2C)c2cc(Cl)c(-c3ccccc3F)nc21. The van der Waals surface area contributed by atoms with E-state index in [1.54, 1.807) is 24.3 Å². The van der Waals surface area contributed by atoms with Crippen LogP contribution in [0.4, 0.5) is 15.0 Å². The van der Waals surface area contributed by atoms with Gasteiger partial charge in [-0.25, -0.2) is 33.5 Å². The number of hydrogen-bond acceptors (Lipinski definition) is 7. The molecule has 1 fully saturated rings. The van der Waals surface area contributed by atoms with Crippen molar-refractivity contribution in [3.63, 3.8) is 0 Å². The monoisotopic (exact) mass is 607 g/mol. The van der Waals surface area contributed by atoms with Gasteiger partial charge >= 0.3 is 11.8 Å². The number of amides is 1. The van der Waals surface area contributed by atoms with Gasteiger partial charge in [0.1, 0.15) is 17.5 Å². The Balaban J connectivity index is 1.86. The topological polar surface area (TPSA) is 117 Å². The summed E-state index contributed by atoms with van der Waals surface area (Å²) in [4.78, 5) is 48.2. The first-order valence-electron chi connectivity index (χ1n) is 14.3. The van der Waals surface area contributed by atoms with Crippen LogP contribution in [0, 0.1) is 12.7 Å². The first-order valence-corrected chi connectivity index (χ1v) is 14.7. The first-order chi connectivity index (χ1) is 20.3. The van der Waals surface area contributed by atoms with E-state index in [1.807, 2.05) is 53.4 Å². The Morgan fingerprint density at radius 1 is 1.02 bits per heavy atom. The number of hydrogen-bond donors (Lipinski definition) is 1. The summed E-state index contributed by atoms with van der Waals surface area (Å²) in [6.07, 6.45) is -1.01. The van der Waals surface area contributed by atoms with Crippen molar-refractivity contribution in [2.24, 2.45) is 0 Å². The highest BCUT2D eigenvalue weighted by Gasteiger charge is 2.35. The lowest BCUT2D eigenvalue weighted by atomic mass is 10.0. The molecule has 0 saturated carbocycles. The minimum Gasteiger partial charge on any atom is -0.465 e. The van der Waals surface area contributed by atoms with Crippen LogP contribution in [-0.2, 0) is 0 Å². The zero-order valence-corrected chi connectivity index (χ0v) is 26.0. The fourth-order valence-corrected chi connectivity index (χ4v) is 5.86. The summed E-state index contributed by atoms with van der Waals surface area (Å²) in [6, 6.07) is 7.17. The molecule has 1 aliphatic heterocycles. The molecule has 3 aromatic heterocycles. The molecule has 0 bridgehead atoms. The number of aryl methyl sites for hydroxylation is 1. The van der Waals surface area contributed by atoms with Gasteiger partial charge in [-0.15, -0.1) is 0 Å². The fourth-order valence-electron chi connectivity index (χ4n) is 5.60. The first kappa shape index (κ1) is 30.3. The van der Waals surface area contributed by atoms with Crippen LogP contribution >= 0.6 is 11.6 Å². The third kappa shape index (κ3) is 5.42. The van der Waals surface area contributed by atoms with Gasteiger partial charge in [0.05, 0.1) is 33.2 Å². The van der Waals surface area contributed by atoms with E-state index in [0.29, 0.717) is 40.6 Å². The Kier molecular flexibility index (Phi) is 8.13. The van der Waals surface area contributed by atoms with Gasteiger partial charge in [-0.2, -0.15) is 4.98 Å². The van der Waals surface area contributed by atoms with Gasteiger partial charge in [-0.3, -0.25) is 0 Å². The van der Waals surface area contributed by atoms with E-state index >= 15 is 4.39 Å². The minimum absolute atomic E-state index is 0.0664. The molecule has 1 amide bonds. The number of pyridine rings is 1. The lowest BCUT2D eigenvalue weighted by Gasteiger charge is -2.43. The number of carboxylic acid groups (broad SMARTS) is 1.